The Morgan fingerprint density at radius 1 is 1.40 bits per heavy atom. The van der Waals surface area contributed by atoms with Gasteiger partial charge in [0.2, 0.25) is 0 Å². The van der Waals surface area contributed by atoms with Crippen LogP contribution in [0.3, 0.4) is 0 Å². The van der Waals surface area contributed by atoms with E-state index in [1.807, 2.05) is 6.92 Å². The smallest absolute Gasteiger partial charge is 0.276 e. The van der Waals surface area contributed by atoms with Crippen LogP contribution in [0.15, 0.2) is 40.9 Å². The van der Waals surface area contributed by atoms with Gasteiger partial charge in [0.05, 0.1) is 0 Å². The highest BCUT2D eigenvalue weighted by molar-refractivity contribution is 6.04. The average Bonchev–Trinajstić information content (AvgIpc) is 2.86. The Morgan fingerprint density at radius 2 is 2.12 bits per heavy atom. The molecule has 25 heavy (non-hydrogen) atoms. The Balaban J connectivity index is 2.13. The van der Waals surface area contributed by atoms with Crippen molar-refractivity contribution >= 4 is 17.4 Å². The van der Waals surface area contributed by atoms with Gasteiger partial charge in [-0.2, -0.15) is 0 Å². The van der Waals surface area contributed by atoms with Crippen LogP contribution in [0, 0.1) is 6.92 Å². The third-order valence-electron chi connectivity index (χ3n) is 4.81. The van der Waals surface area contributed by atoms with Crippen LogP contribution in [0.2, 0.25) is 0 Å². The molecule has 7 nitrogen and oxygen atoms in total. The van der Waals surface area contributed by atoms with E-state index in [1.54, 1.807) is 16.7 Å². The van der Waals surface area contributed by atoms with Gasteiger partial charge in [-0.3, -0.25) is 14.2 Å². The van der Waals surface area contributed by atoms with Gasteiger partial charge in [0.1, 0.15) is 22.9 Å². The number of nitrogens with one attached hydrogen (secondary N) is 2. The molecule has 1 aliphatic carbocycles. The van der Waals surface area contributed by atoms with E-state index in [1.165, 1.54) is 12.4 Å². The fourth-order valence-electron chi connectivity index (χ4n) is 3.78. The maximum atomic E-state index is 13.1. The van der Waals surface area contributed by atoms with Crippen LogP contribution in [0.25, 0.3) is 0 Å². The molecule has 1 spiro atoms. The van der Waals surface area contributed by atoms with Crippen molar-refractivity contribution in [3.05, 3.63) is 52.7 Å². The van der Waals surface area contributed by atoms with Crippen molar-refractivity contribution < 1.29 is 4.79 Å². The third-order valence-corrected chi connectivity index (χ3v) is 4.81. The molecule has 0 atom stereocenters. The SMILES string of the molecule is C=CN=C(/C=C/N)Nc1cc(C)c2n(c1=O)C1(CCCCC1)NC2=O. The Labute approximate surface area is 146 Å². The zero-order valence-electron chi connectivity index (χ0n) is 14.3. The number of anilines is 1. The molecule has 2 aliphatic rings. The predicted octanol–water partition coefficient (Wildman–Crippen LogP) is 1.94. The van der Waals surface area contributed by atoms with Gasteiger partial charge in [-0.05, 0) is 56.5 Å². The van der Waals surface area contributed by atoms with Gasteiger partial charge >= 0.3 is 0 Å². The van der Waals surface area contributed by atoms with Crippen LogP contribution in [-0.2, 0) is 5.66 Å². The van der Waals surface area contributed by atoms with E-state index in [9.17, 15) is 9.59 Å². The van der Waals surface area contributed by atoms with Crippen LogP contribution >= 0.6 is 0 Å². The minimum absolute atomic E-state index is 0.176. The number of aryl methyl sites for hydroxylation is 1. The summed E-state index contributed by atoms with van der Waals surface area (Å²) >= 11 is 0. The molecule has 7 heteroatoms. The van der Waals surface area contributed by atoms with Crippen LogP contribution in [0.5, 0.6) is 0 Å². The maximum Gasteiger partial charge on any atom is 0.276 e. The fraction of sp³-hybridized carbons (Fsp3) is 0.389. The van der Waals surface area contributed by atoms with E-state index in [2.05, 4.69) is 22.2 Å². The summed E-state index contributed by atoms with van der Waals surface area (Å²) in [6.07, 6.45) is 8.89. The van der Waals surface area contributed by atoms with Crippen molar-refractivity contribution in [2.45, 2.75) is 44.7 Å². The fourth-order valence-corrected chi connectivity index (χ4v) is 3.78. The number of hydrogen-bond donors (Lipinski definition) is 3. The lowest BCUT2D eigenvalue weighted by molar-refractivity contribution is 0.0876. The van der Waals surface area contributed by atoms with Gasteiger partial charge in [-0.15, -0.1) is 0 Å². The van der Waals surface area contributed by atoms with Crippen molar-refractivity contribution in [3.63, 3.8) is 0 Å². The molecule has 4 N–H and O–H groups in total. The standard InChI is InChI=1S/C18H23N5O2/c1-3-20-14(7-10-19)21-13-11-12(2)15-16(24)22-18(23(15)17(13)25)8-5-4-6-9-18/h3,7,10-11H,1,4-6,8-9,19H2,2H3,(H,20,21)(H,22,24)/b10-7+. The first-order chi connectivity index (χ1) is 12.0. The van der Waals surface area contributed by atoms with Gasteiger partial charge in [0.25, 0.3) is 11.5 Å². The molecule has 0 radical (unpaired) electrons. The Kier molecular flexibility index (Phi) is 4.48. The number of rotatable bonds is 3. The summed E-state index contributed by atoms with van der Waals surface area (Å²) in [5.74, 6) is 0.231. The Bertz CT molecular complexity index is 829. The highest BCUT2D eigenvalue weighted by Gasteiger charge is 2.45. The second-order valence-corrected chi connectivity index (χ2v) is 6.46. The van der Waals surface area contributed by atoms with Crippen LogP contribution in [0.1, 0.15) is 48.2 Å². The van der Waals surface area contributed by atoms with E-state index in [0.717, 1.165) is 37.7 Å². The largest absolute Gasteiger partial charge is 0.404 e. The van der Waals surface area contributed by atoms with Gasteiger partial charge in [0.15, 0.2) is 0 Å². The van der Waals surface area contributed by atoms with Crippen molar-refractivity contribution in [3.8, 4) is 0 Å². The molecule has 3 rings (SSSR count). The van der Waals surface area contributed by atoms with Crippen molar-refractivity contribution in [1.29, 1.82) is 0 Å². The lowest BCUT2D eigenvalue weighted by Crippen LogP contribution is -2.49. The molecule has 1 amide bonds. The molecule has 0 unspecified atom stereocenters. The summed E-state index contributed by atoms with van der Waals surface area (Å²) in [6, 6.07) is 1.68. The molecular formula is C18H23N5O2. The van der Waals surface area contributed by atoms with E-state index >= 15 is 0 Å². The van der Waals surface area contributed by atoms with Gasteiger partial charge in [-0.1, -0.05) is 13.0 Å². The van der Waals surface area contributed by atoms with E-state index in [-0.39, 0.29) is 11.5 Å². The summed E-state index contributed by atoms with van der Waals surface area (Å²) in [6.45, 7) is 5.39. The second-order valence-electron chi connectivity index (χ2n) is 6.46. The number of fused-ring (bicyclic) bond motifs is 2. The quantitative estimate of drug-likeness (QED) is 0.577. The molecule has 1 aliphatic heterocycles. The number of carbonyl (C=O) groups is 1. The van der Waals surface area contributed by atoms with Crippen LogP contribution in [0.4, 0.5) is 5.69 Å². The number of amidine groups is 1. The summed E-state index contributed by atoms with van der Waals surface area (Å²) in [5.41, 5.74) is 6.15. The van der Waals surface area contributed by atoms with Gasteiger partial charge in [-0.25, -0.2) is 4.99 Å². The number of nitrogens with two attached hydrogens (primary N) is 1. The number of nitrogens with zero attached hydrogens (tertiary/aromatic N) is 2. The number of pyridine rings is 1. The first-order valence-corrected chi connectivity index (χ1v) is 8.46. The molecule has 1 aromatic rings. The molecule has 1 aromatic heterocycles. The molecule has 132 valence electrons. The number of carbonyl (C=O) groups excluding carboxylic acids is 1. The minimum Gasteiger partial charge on any atom is -0.404 e. The normalized spacial score (nSPS) is 19.1. The first kappa shape index (κ1) is 17.0. The summed E-state index contributed by atoms with van der Waals surface area (Å²) < 4.78 is 1.64. The van der Waals surface area contributed by atoms with E-state index < -0.39 is 5.66 Å². The lowest BCUT2D eigenvalue weighted by Gasteiger charge is -2.35. The van der Waals surface area contributed by atoms with Crippen molar-refractivity contribution in [1.82, 2.24) is 9.88 Å². The summed E-state index contributed by atoms with van der Waals surface area (Å²) in [7, 11) is 0. The van der Waals surface area contributed by atoms with Crippen LogP contribution in [-0.4, -0.2) is 16.3 Å². The number of amides is 1. The third kappa shape index (κ3) is 2.86. The van der Waals surface area contributed by atoms with E-state index in [0.29, 0.717) is 17.2 Å². The van der Waals surface area contributed by atoms with E-state index in [4.69, 9.17) is 5.73 Å². The molecule has 1 fully saturated rings. The topological polar surface area (TPSA) is 102 Å². The van der Waals surface area contributed by atoms with Crippen LogP contribution < -0.4 is 21.9 Å². The molecule has 0 bridgehead atoms. The minimum atomic E-state index is -0.607. The number of aromatic nitrogens is 1. The zero-order chi connectivity index (χ0) is 18.0. The molecule has 1 saturated carbocycles. The highest BCUT2D eigenvalue weighted by Crippen LogP contribution is 2.37. The first-order valence-electron chi connectivity index (χ1n) is 8.46. The van der Waals surface area contributed by atoms with Gasteiger partial charge in [0, 0.05) is 6.20 Å². The number of aliphatic imine (C=N–C) groups is 1. The Morgan fingerprint density at radius 3 is 2.76 bits per heavy atom. The van der Waals surface area contributed by atoms with Crippen molar-refractivity contribution in [2.24, 2.45) is 10.7 Å². The second kappa shape index (κ2) is 6.58. The average molecular weight is 341 g/mol. The monoisotopic (exact) mass is 341 g/mol. The lowest BCUT2D eigenvalue weighted by atomic mass is 9.89. The summed E-state index contributed by atoms with van der Waals surface area (Å²) in [4.78, 5) is 29.7. The highest BCUT2D eigenvalue weighted by atomic mass is 16.2. The number of hydrogen-bond acceptors (Lipinski definition) is 4. The predicted molar refractivity (Wildman–Crippen MR) is 98.5 cm³/mol. The molecule has 2 heterocycles. The van der Waals surface area contributed by atoms with Gasteiger partial charge < -0.3 is 16.4 Å². The maximum absolute atomic E-state index is 13.1. The Hall–Kier alpha value is -2.83. The summed E-state index contributed by atoms with van der Waals surface area (Å²) in [5, 5.41) is 6.06. The zero-order valence-corrected chi connectivity index (χ0v) is 14.3. The molecular weight excluding hydrogens is 318 g/mol. The molecule has 0 saturated heterocycles. The van der Waals surface area contributed by atoms with Crippen molar-refractivity contribution in [2.75, 3.05) is 5.32 Å². The molecule has 0 aromatic carbocycles.